The first-order valence-electron chi connectivity index (χ1n) is 5.66. The molecule has 0 saturated carbocycles. The zero-order valence-corrected chi connectivity index (χ0v) is 10.1. The molecule has 0 aliphatic rings. The van der Waals surface area contributed by atoms with E-state index in [1.165, 1.54) is 6.07 Å². The SMILES string of the molecule is Cn1c(-c2ccc(F)c(F)c2)nn2cc(CN)nc12. The highest BCUT2D eigenvalue weighted by Gasteiger charge is 2.14. The van der Waals surface area contributed by atoms with Gasteiger partial charge in [0.25, 0.3) is 0 Å². The molecular weight excluding hydrogens is 252 g/mol. The summed E-state index contributed by atoms with van der Waals surface area (Å²) in [5.74, 6) is -0.681. The Bertz CT molecular complexity index is 759. The molecule has 0 saturated heterocycles. The molecule has 1 aromatic carbocycles. The Labute approximate surface area is 107 Å². The summed E-state index contributed by atoms with van der Waals surface area (Å²) in [6.45, 7) is 0.323. The average molecular weight is 263 g/mol. The van der Waals surface area contributed by atoms with Gasteiger partial charge < -0.3 is 5.73 Å². The minimum Gasteiger partial charge on any atom is -0.325 e. The van der Waals surface area contributed by atoms with Crippen molar-refractivity contribution in [3.05, 3.63) is 41.7 Å². The fraction of sp³-hybridized carbons (Fsp3) is 0.167. The van der Waals surface area contributed by atoms with Gasteiger partial charge in [0, 0.05) is 19.2 Å². The number of aryl methyl sites for hydroxylation is 1. The second-order valence-corrected chi connectivity index (χ2v) is 4.19. The van der Waals surface area contributed by atoms with Gasteiger partial charge in [-0.1, -0.05) is 0 Å². The van der Waals surface area contributed by atoms with Crippen LogP contribution in [0.1, 0.15) is 5.69 Å². The van der Waals surface area contributed by atoms with E-state index in [0.717, 1.165) is 17.8 Å². The van der Waals surface area contributed by atoms with E-state index >= 15 is 0 Å². The van der Waals surface area contributed by atoms with Crippen LogP contribution >= 0.6 is 0 Å². The highest BCUT2D eigenvalue weighted by atomic mass is 19.2. The van der Waals surface area contributed by atoms with Gasteiger partial charge in [-0.3, -0.25) is 4.57 Å². The van der Waals surface area contributed by atoms with Crippen LogP contribution in [-0.2, 0) is 13.6 Å². The number of nitrogens with two attached hydrogens (primary N) is 1. The van der Waals surface area contributed by atoms with Gasteiger partial charge in [-0.15, -0.1) is 5.10 Å². The van der Waals surface area contributed by atoms with Crippen molar-refractivity contribution < 1.29 is 8.78 Å². The predicted molar refractivity (Wildman–Crippen MR) is 65.2 cm³/mol. The number of fused-ring (bicyclic) bond motifs is 1. The maximum atomic E-state index is 13.2. The summed E-state index contributed by atoms with van der Waals surface area (Å²) in [5, 5.41) is 4.29. The van der Waals surface area contributed by atoms with E-state index in [1.54, 1.807) is 22.3 Å². The molecule has 0 bridgehead atoms. The van der Waals surface area contributed by atoms with Crippen LogP contribution in [0, 0.1) is 11.6 Å². The summed E-state index contributed by atoms with van der Waals surface area (Å²) < 4.78 is 29.4. The van der Waals surface area contributed by atoms with Crippen LogP contribution in [0.15, 0.2) is 24.4 Å². The monoisotopic (exact) mass is 263 g/mol. The summed E-state index contributed by atoms with van der Waals surface area (Å²) in [5.41, 5.74) is 6.71. The number of halogens is 2. The molecule has 0 aliphatic carbocycles. The lowest BCUT2D eigenvalue weighted by Gasteiger charge is -2.01. The second-order valence-electron chi connectivity index (χ2n) is 4.19. The molecule has 0 amide bonds. The summed E-state index contributed by atoms with van der Waals surface area (Å²) in [4.78, 5) is 4.29. The Kier molecular flexibility index (Phi) is 2.56. The zero-order chi connectivity index (χ0) is 13.6. The van der Waals surface area contributed by atoms with Crippen molar-refractivity contribution >= 4 is 5.78 Å². The Balaban J connectivity index is 2.16. The van der Waals surface area contributed by atoms with Gasteiger partial charge in [0.1, 0.15) is 0 Å². The third kappa shape index (κ3) is 1.78. The van der Waals surface area contributed by atoms with Crippen LogP contribution in [0.3, 0.4) is 0 Å². The van der Waals surface area contributed by atoms with Gasteiger partial charge in [0.05, 0.1) is 11.9 Å². The first-order chi connectivity index (χ1) is 9.10. The maximum absolute atomic E-state index is 13.2. The molecule has 0 aliphatic heterocycles. The van der Waals surface area contributed by atoms with E-state index in [4.69, 9.17) is 5.73 Å². The van der Waals surface area contributed by atoms with Crippen molar-refractivity contribution in [2.24, 2.45) is 12.8 Å². The number of rotatable bonds is 2. The molecule has 0 fully saturated rings. The highest BCUT2D eigenvalue weighted by molar-refractivity contribution is 5.58. The van der Waals surface area contributed by atoms with Crippen molar-refractivity contribution in [3.8, 4) is 11.4 Å². The molecule has 5 nitrogen and oxygen atoms in total. The topological polar surface area (TPSA) is 61.1 Å². The summed E-state index contributed by atoms with van der Waals surface area (Å²) in [6.07, 6.45) is 1.71. The smallest absolute Gasteiger partial charge is 0.232 e. The molecule has 3 rings (SSSR count). The number of imidazole rings is 1. The number of benzene rings is 1. The summed E-state index contributed by atoms with van der Waals surface area (Å²) in [7, 11) is 1.76. The normalized spacial score (nSPS) is 11.4. The van der Waals surface area contributed by atoms with Gasteiger partial charge in [-0.2, -0.15) is 0 Å². The molecular formula is C12H11F2N5. The number of aromatic nitrogens is 4. The number of nitrogens with zero attached hydrogens (tertiary/aromatic N) is 4. The van der Waals surface area contributed by atoms with Gasteiger partial charge >= 0.3 is 0 Å². The molecule has 19 heavy (non-hydrogen) atoms. The van der Waals surface area contributed by atoms with Crippen LogP contribution in [0.4, 0.5) is 8.78 Å². The van der Waals surface area contributed by atoms with Gasteiger partial charge in [0.15, 0.2) is 17.5 Å². The van der Waals surface area contributed by atoms with Gasteiger partial charge in [-0.25, -0.2) is 18.3 Å². The molecule has 2 N–H and O–H groups in total. The Morgan fingerprint density at radius 1 is 1.26 bits per heavy atom. The van der Waals surface area contributed by atoms with E-state index < -0.39 is 11.6 Å². The lowest BCUT2D eigenvalue weighted by atomic mass is 10.2. The molecule has 0 atom stereocenters. The quantitative estimate of drug-likeness (QED) is 0.761. The van der Waals surface area contributed by atoms with E-state index in [9.17, 15) is 8.78 Å². The average Bonchev–Trinajstić information content (AvgIpc) is 2.93. The predicted octanol–water partition coefficient (Wildman–Crippen LogP) is 1.47. The van der Waals surface area contributed by atoms with Crippen molar-refractivity contribution in [2.45, 2.75) is 6.54 Å². The minimum atomic E-state index is -0.902. The first-order valence-corrected chi connectivity index (χ1v) is 5.66. The first kappa shape index (κ1) is 11.8. The van der Waals surface area contributed by atoms with Crippen molar-refractivity contribution in [1.82, 2.24) is 19.2 Å². The van der Waals surface area contributed by atoms with Crippen LogP contribution in [-0.4, -0.2) is 19.2 Å². The molecule has 0 radical (unpaired) electrons. The van der Waals surface area contributed by atoms with Crippen LogP contribution in [0.5, 0.6) is 0 Å². The number of hydrogen-bond acceptors (Lipinski definition) is 3. The van der Waals surface area contributed by atoms with Gasteiger partial charge in [0.2, 0.25) is 5.78 Å². The summed E-state index contributed by atoms with van der Waals surface area (Å²) >= 11 is 0. The number of hydrogen-bond donors (Lipinski definition) is 1. The standard InChI is InChI=1S/C12H11F2N5/c1-18-11(7-2-3-9(13)10(14)4-7)17-19-6-8(5-15)16-12(18)19/h2-4,6H,5,15H2,1H3. The Hall–Kier alpha value is -2.28. The van der Waals surface area contributed by atoms with Crippen LogP contribution in [0.25, 0.3) is 17.2 Å². The molecule has 7 heteroatoms. The fourth-order valence-corrected chi connectivity index (χ4v) is 1.96. The fourth-order valence-electron chi connectivity index (χ4n) is 1.96. The molecule has 0 unspecified atom stereocenters. The molecule has 3 aromatic rings. The molecule has 0 spiro atoms. The lowest BCUT2D eigenvalue weighted by Crippen LogP contribution is -1.98. The zero-order valence-electron chi connectivity index (χ0n) is 10.1. The Morgan fingerprint density at radius 3 is 2.68 bits per heavy atom. The molecule has 2 aromatic heterocycles. The minimum absolute atomic E-state index is 0.323. The third-order valence-corrected chi connectivity index (χ3v) is 2.93. The van der Waals surface area contributed by atoms with Crippen molar-refractivity contribution in [3.63, 3.8) is 0 Å². The van der Waals surface area contributed by atoms with E-state index in [2.05, 4.69) is 10.1 Å². The van der Waals surface area contributed by atoms with Crippen molar-refractivity contribution in [1.29, 1.82) is 0 Å². The second kappa shape index (κ2) is 4.13. The van der Waals surface area contributed by atoms with Crippen LogP contribution in [0.2, 0.25) is 0 Å². The van der Waals surface area contributed by atoms with E-state index in [-0.39, 0.29) is 0 Å². The lowest BCUT2D eigenvalue weighted by molar-refractivity contribution is 0.509. The summed E-state index contributed by atoms with van der Waals surface area (Å²) in [6, 6.07) is 3.67. The van der Waals surface area contributed by atoms with Gasteiger partial charge in [-0.05, 0) is 18.2 Å². The van der Waals surface area contributed by atoms with Crippen LogP contribution < -0.4 is 5.73 Å². The highest BCUT2D eigenvalue weighted by Crippen LogP contribution is 2.21. The van der Waals surface area contributed by atoms with Crippen molar-refractivity contribution in [2.75, 3.05) is 0 Å². The molecule has 98 valence electrons. The third-order valence-electron chi connectivity index (χ3n) is 2.93. The largest absolute Gasteiger partial charge is 0.325 e. The Morgan fingerprint density at radius 2 is 2.05 bits per heavy atom. The van der Waals surface area contributed by atoms with E-state index in [1.807, 2.05) is 0 Å². The van der Waals surface area contributed by atoms with E-state index in [0.29, 0.717) is 23.7 Å². The molecule has 2 heterocycles. The maximum Gasteiger partial charge on any atom is 0.232 e.